The fourth-order valence-electron chi connectivity index (χ4n) is 5.22. The Bertz CT molecular complexity index is 972. The van der Waals surface area contributed by atoms with Crippen molar-refractivity contribution in [2.24, 2.45) is 5.92 Å². The molecule has 5 nitrogen and oxygen atoms in total. The van der Waals surface area contributed by atoms with Crippen molar-refractivity contribution in [2.45, 2.75) is 51.2 Å². The first-order valence-electron chi connectivity index (χ1n) is 10.3. The summed E-state index contributed by atoms with van der Waals surface area (Å²) in [4.78, 5) is 22.9. The van der Waals surface area contributed by atoms with Crippen LogP contribution in [0.2, 0.25) is 0 Å². The Labute approximate surface area is 173 Å². The summed E-state index contributed by atoms with van der Waals surface area (Å²) >= 11 is 1.75. The lowest BCUT2D eigenvalue weighted by molar-refractivity contribution is 0.0114. The molecule has 2 saturated heterocycles. The second-order valence-corrected chi connectivity index (χ2v) is 10.2. The monoisotopic (exact) mass is 420 g/mol. The number of piperidine rings is 1. The summed E-state index contributed by atoms with van der Waals surface area (Å²) in [6, 6.07) is 3.93. The van der Waals surface area contributed by atoms with Crippen molar-refractivity contribution >= 4 is 11.3 Å². The summed E-state index contributed by atoms with van der Waals surface area (Å²) in [6.07, 6.45) is 2.98. The molecule has 29 heavy (non-hydrogen) atoms. The molecule has 3 aliphatic rings. The van der Waals surface area contributed by atoms with Gasteiger partial charge in [0.15, 0.2) is 0 Å². The highest BCUT2D eigenvalue weighted by atomic mass is 32.1. The van der Waals surface area contributed by atoms with E-state index in [0.717, 1.165) is 43.3 Å². The number of nitrogens with zero attached hydrogens (tertiary/aromatic N) is 4. The predicted octanol–water partition coefficient (Wildman–Crippen LogP) is 3.07. The van der Waals surface area contributed by atoms with Crippen molar-refractivity contribution < 1.29 is 8.78 Å². The number of likely N-dealkylation sites (tertiary alicyclic amines) is 2. The molecule has 0 N–H and O–H groups in total. The molecule has 0 aromatic carbocycles. The van der Waals surface area contributed by atoms with Gasteiger partial charge in [0, 0.05) is 73.9 Å². The number of hydrogen-bond acceptors (Lipinski definition) is 5. The fourth-order valence-corrected chi connectivity index (χ4v) is 6.06. The van der Waals surface area contributed by atoms with Crippen molar-refractivity contribution in [1.29, 1.82) is 0 Å². The van der Waals surface area contributed by atoms with Gasteiger partial charge in [-0.1, -0.05) is 6.07 Å². The second-order valence-electron chi connectivity index (χ2n) is 8.85. The number of aryl methyl sites for hydroxylation is 1. The third-order valence-corrected chi connectivity index (χ3v) is 7.35. The van der Waals surface area contributed by atoms with Gasteiger partial charge in [-0.3, -0.25) is 14.6 Å². The Kier molecular flexibility index (Phi) is 4.83. The number of hydrogen-bond donors (Lipinski definition) is 0. The van der Waals surface area contributed by atoms with E-state index >= 15 is 0 Å². The first kappa shape index (κ1) is 19.3. The number of thiazole rings is 1. The Morgan fingerprint density at radius 3 is 2.79 bits per heavy atom. The highest BCUT2D eigenvalue weighted by Gasteiger charge is 2.39. The van der Waals surface area contributed by atoms with Crippen LogP contribution in [0.1, 0.15) is 39.9 Å². The van der Waals surface area contributed by atoms with Gasteiger partial charge in [-0.15, -0.1) is 11.3 Å². The van der Waals surface area contributed by atoms with Crippen LogP contribution in [0.5, 0.6) is 0 Å². The van der Waals surface area contributed by atoms with Crippen LogP contribution in [-0.2, 0) is 19.6 Å². The summed E-state index contributed by atoms with van der Waals surface area (Å²) in [6.45, 7) is 6.05. The number of pyridine rings is 1. The molecule has 0 radical (unpaired) electrons. The molecule has 0 aliphatic carbocycles. The topological polar surface area (TPSA) is 41.4 Å². The minimum Gasteiger partial charge on any atom is -0.312 e. The molecule has 8 heteroatoms. The highest BCUT2D eigenvalue weighted by molar-refractivity contribution is 7.11. The molecule has 5 heterocycles. The van der Waals surface area contributed by atoms with E-state index in [4.69, 9.17) is 0 Å². The van der Waals surface area contributed by atoms with E-state index in [0.29, 0.717) is 30.5 Å². The van der Waals surface area contributed by atoms with Crippen molar-refractivity contribution in [3.05, 3.63) is 49.8 Å². The SMILES string of the molecule is Cc1ncc(CN2C[C@@H]3C[C@H](C2)c2ccc(CN4CCC(F)(F)C4)c(=O)n2C3)s1. The van der Waals surface area contributed by atoms with Crippen LogP contribution in [0, 0.1) is 12.8 Å². The smallest absolute Gasteiger partial charge is 0.261 e. The van der Waals surface area contributed by atoms with E-state index in [1.165, 1.54) is 4.88 Å². The van der Waals surface area contributed by atoms with Gasteiger partial charge in [-0.2, -0.15) is 0 Å². The maximum Gasteiger partial charge on any atom is 0.261 e. The largest absolute Gasteiger partial charge is 0.312 e. The van der Waals surface area contributed by atoms with Gasteiger partial charge >= 0.3 is 0 Å². The number of rotatable bonds is 4. The van der Waals surface area contributed by atoms with Gasteiger partial charge in [0.25, 0.3) is 11.5 Å². The zero-order valence-electron chi connectivity index (χ0n) is 16.6. The number of aromatic nitrogens is 2. The molecule has 0 saturated carbocycles. The lowest BCUT2D eigenvalue weighted by Crippen LogP contribution is -2.47. The van der Waals surface area contributed by atoms with Gasteiger partial charge in [0.1, 0.15) is 0 Å². The average molecular weight is 421 g/mol. The van der Waals surface area contributed by atoms with E-state index in [-0.39, 0.29) is 18.5 Å². The number of halogens is 2. The van der Waals surface area contributed by atoms with Gasteiger partial charge in [-0.25, -0.2) is 13.8 Å². The summed E-state index contributed by atoms with van der Waals surface area (Å²) in [5.74, 6) is -1.81. The molecule has 5 rings (SSSR count). The zero-order valence-corrected chi connectivity index (χ0v) is 17.4. The van der Waals surface area contributed by atoms with Crippen LogP contribution < -0.4 is 5.56 Å². The molecule has 3 aliphatic heterocycles. The summed E-state index contributed by atoms with van der Waals surface area (Å²) in [7, 11) is 0. The Morgan fingerprint density at radius 2 is 2.07 bits per heavy atom. The van der Waals surface area contributed by atoms with Crippen molar-refractivity contribution in [3.8, 4) is 0 Å². The van der Waals surface area contributed by atoms with Crippen LogP contribution in [-0.4, -0.2) is 51.5 Å². The molecule has 0 spiro atoms. The van der Waals surface area contributed by atoms with E-state index in [1.807, 2.05) is 23.8 Å². The first-order chi connectivity index (χ1) is 13.9. The standard InChI is InChI=1S/C21H26F2N4OS/c1-14-24-7-18(29-14)12-26-8-15-6-17(11-26)19-3-2-16(20(28)27(19)9-15)10-25-5-4-21(22,23)13-25/h2-3,7,15,17H,4-6,8-13H2,1H3/t15-,17+/m0/s1. The molecule has 156 valence electrons. The van der Waals surface area contributed by atoms with Gasteiger partial charge in [0.2, 0.25) is 0 Å². The average Bonchev–Trinajstić information content (AvgIpc) is 3.22. The van der Waals surface area contributed by atoms with Crippen LogP contribution in [0.4, 0.5) is 8.78 Å². The van der Waals surface area contributed by atoms with Crippen LogP contribution in [0.15, 0.2) is 23.1 Å². The molecule has 2 fully saturated rings. The minimum absolute atomic E-state index is 0.0129. The third-order valence-electron chi connectivity index (χ3n) is 6.45. The molecule has 2 aromatic rings. The lowest BCUT2D eigenvalue weighted by Gasteiger charge is -2.42. The molecular formula is C21H26F2N4OS. The van der Waals surface area contributed by atoms with Crippen molar-refractivity contribution in [3.63, 3.8) is 0 Å². The van der Waals surface area contributed by atoms with E-state index in [2.05, 4.69) is 16.0 Å². The van der Waals surface area contributed by atoms with Crippen molar-refractivity contribution in [1.82, 2.24) is 19.4 Å². The molecule has 0 unspecified atom stereocenters. The summed E-state index contributed by atoms with van der Waals surface area (Å²) in [5.41, 5.74) is 1.76. The van der Waals surface area contributed by atoms with Crippen LogP contribution in [0.3, 0.4) is 0 Å². The minimum atomic E-state index is -2.62. The van der Waals surface area contributed by atoms with Gasteiger partial charge in [-0.05, 0) is 25.3 Å². The van der Waals surface area contributed by atoms with E-state index < -0.39 is 5.92 Å². The molecular weight excluding hydrogens is 394 g/mol. The van der Waals surface area contributed by atoms with Gasteiger partial charge in [0.05, 0.1) is 11.6 Å². The molecule has 2 bridgehead atoms. The maximum atomic E-state index is 13.5. The van der Waals surface area contributed by atoms with Crippen molar-refractivity contribution in [2.75, 3.05) is 26.2 Å². The quantitative estimate of drug-likeness (QED) is 0.762. The first-order valence-corrected chi connectivity index (χ1v) is 11.1. The Hall–Kier alpha value is -1.64. The normalized spacial score (nSPS) is 26.6. The summed E-state index contributed by atoms with van der Waals surface area (Å²) in [5, 5.41) is 1.09. The highest BCUT2D eigenvalue weighted by Crippen LogP contribution is 2.36. The zero-order chi connectivity index (χ0) is 20.2. The second kappa shape index (κ2) is 7.25. The third kappa shape index (κ3) is 3.90. The fraction of sp³-hybridized carbons (Fsp3) is 0.619. The van der Waals surface area contributed by atoms with E-state index in [9.17, 15) is 13.6 Å². The van der Waals surface area contributed by atoms with Crippen LogP contribution >= 0.6 is 11.3 Å². The Morgan fingerprint density at radius 1 is 1.21 bits per heavy atom. The Balaban J connectivity index is 1.33. The molecule has 2 atom stereocenters. The maximum absolute atomic E-state index is 13.5. The summed E-state index contributed by atoms with van der Waals surface area (Å²) < 4.78 is 28.9. The number of fused-ring (bicyclic) bond motifs is 4. The van der Waals surface area contributed by atoms with Gasteiger partial charge < -0.3 is 4.57 Å². The molecule has 0 amide bonds. The predicted molar refractivity (Wildman–Crippen MR) is 109 cm³/mol. The number of alkyl halides is 2. The molecule has 2 aromatic heterocycles. The van der Waals surface area contributed by atoms with E-state index in [1.54, 1.807) is 16.2 Å². The van der Waals surface area contributed by atoms with Crippen LogP contribution in [0.25, 0.3) is 0 Å². The lowest BCUT2D eigenvalue weighted by atomic mass is 9.83.